The van der Waals surface area contributed by atoms with Crippen LogP contribution in [0.2, 0.25) is 0 Å². The van der Waals surface area contributed by atoms with Crippen LogP contribution in [-0.4, -0.2) is 19.9 Å². The molecule has 0 aliphatic heterocycles. The van der Waals surface area contributed by atoms with Gasteiger partial charge in [-0.1, -0.05) is 25.9 Å². The van der Waals surface area contributed by atoms with Gasteiger partial charge in [0, 0.05) is 23.2 Å². The highest BCUT2D eigenvalue weighted by Crippen LogP contribution is 2.23. The molecule has 19 heavy (non-hydrogen) atoms. The van der Waals surface area contributed by atoms with E-state index in [0.717, 1.165) is 5.56 Å². The Morgan fingerprint density at radius 2 is 2.00 bits per heavy atom. The minimum Gasteiger partial charge on any atom is -0.339 e. The van der Waals surface area contributed by atoms with Crippen molar-refractivity contribution >= 4 is 0 Å². The summed E-state index contributed by atoms with van der Waals surface area (Å²) in [4.78, 5) is 4.37. The Morgan fingerprint density at radius 3 is 2.47 bits per heavy atom. The van der Waals surface area contributed by atoms with E-state index in [2.05, 4.69) is 29.1 Å². The number of hydrogen-bond acceptors (Lipinski definition) is 5. The molecule has 2 heterocycles. The molecule has 0 saturated heterocycles. The van der Waals surface area contributed by atoms with Crippen molar-refractivity contribution in [3.63, 3.8) is 0 Å². The van der Waals surface area contributed by atoms with Crippen LogP contribution in [0.5, 0.6) is 0 Å². The molecule has 0 spiro atoms. The third-order valence-corrected chi connectivity index (χ3v) is 2.87. The van der Waals surface area contributed by atoms with E-state index < -0.39 is 6.04 Å². The Morgan fingerprint density at radius 1 is 1.32 bits per heavy atom. The third-order valence-electron chi connectivity index (χ3n) is 2.87. The molecule has 6 heteroatoms. The molecule has 2 N–H and O–H groups in total. The average Bonchev–Trinajstić information content (AvgIpc) is 2.97. The first-order valence-electron chi connectivity index (χ1n) is 6.42. The second kappa shape index (κ2) is 4.77. The van der Waals surface area contributed by atoms with Crippen LogP contribution >= 0.6 is 0 Å². The van der Waals surface area contributed by atoms with Crippen LogP contribution < -0.4 is 5.73 Å². The monoisotopic (exact) mass is 263 g/mol. The van der Waals surface area contributed by atoms with Gasteiger partial charge in [0.2, 0.25) is 5.89 Å². The zero-order chi connectivity index (χ0) is 14.2. The van der Waals surface area contributed by atoms with Crippen LogP contribution in [0.4, 0.5) is 0 Å². The van der Waals surface area contributed by atoms with Gasteiger partial charge in [-0.05, 0) is 13.8 Å². The predicted molar refractivity (Wildman–Crippen MR) is 71.6 cm³/mol. The van der Waals surface area contributed by atoms with E-state index in [1.165, 1.54) is 0 Å². The fourth-order valence-corrected chi connectivity index (χ4v) is 1.61. The molecular weight excluding hydrogens is 242 g/mol. The zero-order valence-electron chi connectivity index (χ0n) is 12.1. The van der Waals surface area contributed by atoms with Gasteiger partial charge in [-0.15, -0.1) is 0 Å². The van der Waals surface area contributed by atoms with Gasteiger partial charge >= 0.3 is 0 Å². The summed E-state index contributed by atoms with van der Waals surface area (Å²) >= 11 is 0. The first-order valence-corrected chi connectivity index (χ1v) is 6.42. The highest BCUT2D eigenvalue weighted by atomic mass is 16.5. The molecule has 0 fully saturated rings. The number of rotatable bonds is 3. The van der Waals surface area contributed by atoms with Gasteiger partial charge in [-0.3, -0.25) is 4.68 Å². The lowest BCUT2D eigenvalue weighted by molar-refractivity contribution is 0.317. The molecule has 1 atom stereocenters. The fourth-order valence-electron chi connectivity index (χ4n) is 1.61. The Bertz CT molecular complexity index is 549. The number of nitrogens with zero attached hydrogens (tertiary/aromatic N) is 4. The van der Waals surface area contributed by atoms with Gasteiger partial charge in [-0.2, -0.15) is 10.1 Å². The van der Waals surface area contributed by atoms with Crippen molar-refractivity contribution < 1.29 is 4.52 Å². The van der Waals surface area contributed by atoms with Crippen LogP contribution in [0, 0.1) is 0 Å². The SMILES string of the molecule is CC(C)n1cc(C(N)c2noc(C(C)(C)C)n2)cn1. The van der Waals surface area contributed by atoms with Gasteiger partial charge in [0.05, 0.1) is 12.2 Å². The van der Waals surface area contributed by atoms with Gasteiger partial charge in [-0.25, -0.2) is 0 Å². The molecule has 6 nitrogen and oxygen atoms in total. The highest BCUT2D eigenvalue weighted by Gasteiger charge is 2.25. The fraction of sp³-hybridized carbons (Fsp3) is 0.615. The number of aromatic nitrogens is 4. The van der Waals surface area contributed by atoms with Crippen molar-refractivity contribution in [3.8, 4) is 0 Å². The molecule has 2 rings (SSSR count). The summed E-state index contributed by atoms with van der Waals surface area (Å²) in [5, 5.41) is 8.23. The van der Waals surface area contributed by atoms with Crippen LogP contribution in [0.3, 0.4) is 0 Å². The molecule has 0 saturated carbocycles. The molecule has 0 amide bonds. The second-order valence-electron chi connectivity index (χ2n) is 6.03. The summed E-state index contributed by atoms with van der Waals surface area (Å²) in [6, 6.07) is -0.108. The molecular formula is C13H21N5O. The Hall–Kier alpha value is -1.69. The van der Waals surface area contributed by atoms with Crippen LogP contribution in [0.25, 0.3) is 0 Å². The molecule has 0 radical (unpaired) electrons. The summed E-state index contributed by atoms with van der Waals surface area (Å²) in [5.74, 6) is 1.09. The summed E-state index contributed by atoms with van der Waals surface area (Å²) in [5.41, 5.74) is 6.86. The second-order valence-corrected chi connectivity index (χ2v) is 6.03. The molecule has 2 aromatic heterocycles. The minimum absolute atomic E-state index is 0.174. The normalized spacial score (nSPS) is 14.1. The molecule has 1 unspecified atom stereocenters. The van der Waals surface area contributed by atoms with Gasteiger partial charge < -0.3 is 10.3 Å². The van der Waals surface area contributed by atoms with E-state index >= 15 is 0 Å². The van der Waals surface area contributed by atoms with Crippen molar-refractivity contribution in [2.45, 2.75) is 52.1 Å². The highest BCUT2D eigenvalue weighted by molar-refractivity contribution is 5.18. The van der Waals surface area contributed by atoms with E-state index in [1.54, 1.807) is 6.20 Å². The van der Waals surface area contributed by atoms with Crippen molar-refractivity contribution in [1.82, 2.24) is 19.9 Å². The van der Waals surface area contributed by atoms with Crippen LogP contribution in [0.1, 0.15) is 64.0 Å². The van der Waals surface area contributed by atoms with E-state index in [-0.39, 0.29) is 5.41 Å². The zero-order valence-corrected chi connectivity index (χ0v) is 12.1. The van der Waals surface area contributed by atoms with E-state index in [4.69, 9.17) is 10.3 Å². The third kappa shape index (κ3) is 2.84. The summed E-state index contributed by atoms with van der Waals surface area (Å²) < 4.78 is 7.12. The Kier molecular flexibility index (Phi) is 3.45. The molecule has 0 bridgehead atoms. The maximum atomic E-state index is 6.15. The molecule has 2 aromatic rings. The molecule has 0 aliphatic carbocycles. The minimum atomic E-state index is -0.410. The topological polar surface area (TPSA) is 82.8 Å². The lowest BCUT2D eigenvalue weighted by atomic mass is 9.97. The summed E-state index contributed by atoms with van der Waals surface area (Å²) in [7, 11) is 0. The van der Waals surface area contributed by atoms with Crippen LogP contribution in [0.15, 0.2) is 16.9 Å². The molecule has 0 aliphatic rings. The van der Waals surface area contributed by atoms with Crippen molar-refractivity contribution in [2.24, 2.45) is 5.73 Å². The first kappa shape index (κ1) is 13.7. The number of nitrogens with two attached hydrogens (primary N) is 1. The van der Waals surface area contributed by atoms with Crippen molar-refractivity contribution in [1.29, 1.82) is 0 Å². The average molecular weight is 263 g/mol. The standard InChI is InChI=1S/C13H21N5O/c1-8(2)18-7-9(6-15-18)10(14)11-16-12(19-17-11)13(3,4)5/h6-8,10H,14H2,1-5H3. The Balaban J connectivity index is 2.23. The Labute approximate surface area is 113 Å². The summed E-state index contributed by atoms with van der Waals surface area (Å²) in [6.07, 6.45) is 3.67. The maximum Gasteiger partial charge on any atom is 0.232 e. The van der Waals surface area contributed by atoms with E-state index in [1.807, 2.05) is 31.6 Å². The summed E-state index contributed by atoms with van der Waals surface area (Å²) in [6.45, 7) is 10.2. The van der Waals surface area contributed by atoms with Crippen LogP contribution in [-0.2, 0) is 5.41 Å². The predicted octanol–water partition coefficient (Wildman–Crippen LogP) is 2.19. The number of hydrogen-bond donors (Lipinski definition) is 1. The van der Waals surface area contributed by atoms with Gasteiger partial charge in [0.15, 0.2) is 5.82 Å². The van der Waals surface area contributed by atoms with E-state index in [9.17, 15) is 0 Å². The first-order chi connectivity index (χ1) is 8.79. The molecule has 0 aromatic carbocycles. The molecule has 104 valence electrons. The smallest absolute Gasteiger partial charge is 0.232 e. The van der Waals surface area contributed by atoms with Crippen molar-refractivity contribution in [2.75, 3.05) is 0 Å². The maximum absolute atomic E-state index is 6.15. The lowest BCUT2D eigenvalue weighted by Crippen LogP contribution is -2.15. The lowest BCUT2D eigenvalue weighted by Gasteiger charge is -2.10. The van der Waals surface area contributed by atoms with Gasteiger partial charge in [0.25, 0.3) is 0 Å². The largest absolute Gasteiger partial charge is 0.339 e. The van der Waals surface area contributed by atoms with E-state index in [0.29, 0.717) is 17.8 Å². The quantitative estimate of drug-likeness (QED) is 0.917. The van der Waals surface area contributed by atoms with Gasteiger partial charge in [0.1, 0.15) is 0 Å². The van der Waals surface area contributed by atoms with Crippen molar-refractivity contribution in [3.05, 3.63) is 29.7 Å².